The van der Waals surface area contributed by atoms with Crippen molar-refractivity contribution in [3.05, 3.63) is 54.4 Å². The molecule has 0 radical (unpaired) electrons. The number of carbonyl (C=O) groups excluding carboxylic acids is 1. The summed E-state index contributed by atoms with van der Waals surface area (Å²) in [6, 6.07) is 7.75. The average molecular weight is 323 g/mol. The number of amides is 1. The molecule has 7 heteroatoms. The number of fused-ring (bicyclic) bond motifs is 1. The molecule has 1 aromatic carbocycles. The minimum Gasteiger partial charge on any atom is -0.439 e. The summed E-state index contributed by atoms with van der Waals surface area (Å²) in [6.07, 6.45) is 4.61. The molecular weight excluding hydrogens is 306 g/mol. The van der Waals surface area contributed by atoms with E-state index in [1.807, 2.05) is 29.2 Å². The molecule has 0 spiro atoms. The van der Waals surface area contributed by atoms with Crippen LogP contribution >= 0.6 is 0 Å². The SMILES string of the molecule is O=C(c1cnccn1)N1CCN(Cc2nc3ccccc3o2)CC1. The van der Waals surface area contributed by atoms with Crippen LogP contribution in [0.2, 0.25) is 0 Å². The summed E-state index contributed by atoms with van der Waals surface area (Å²) in [5.74, 6) is 0.648. The third-order valence-corrected chi connectivity index (χ3v) is 4.14. The largest absolute Gasteiger partial charge is 0.439 e. The van der Waals surface area contributed by atoms with Crippen LogP contribution < -0.4 is 0 Å². The van der Waals surface area contributed by atoms with Crippen molar-refractivity contribution in [2.24, 2.45) is 0 Å². The first kappa shape index (κ1) is 14.8. The molecule has 1 amide bonds. The van der Waals surface area contributed by atoms with Crippen LogP contribution in [0.3, 0.4) is 0 Å². The van der Waals surface area contributed by atoms with E-state index in [0.717, 1.165) is 24.2 Å². The Morgan fingerprint density at radius 3 is 2.71 bits per heavy atom. The highest BCUT2D eigenvalue weighted by molar-refractivity contribution is 5.92. The Morgan fingerprint density at radius 2 is 1.96 bits per heavy atom. The molecule has 4 rings (SSSR count). The quantitative estimate of drug-likeness (QED) is 0.728. The highest BCUT2D eigenvalue weighted by Crippen LogP contribution is 2.17. The predicted molar refractivity (Wildman–Crippen MR) is 87.2 cm³/mol. The number of rotatable bonds is 3. The first-order valence-electron chi connectivity index (χ1n) is 7.92. The van der Waals surface area contributed by atoms with Gasteiger partial charge in [-0.05, 0) is 12.1 Å². The predicted octanol–water partition coefficient (Wildman–Crippen LogP) is 1.58. The molecule has 3 heterocycles. The van der Waals surface area contributed by atoms with Crippen molar-refractivity contribution < 1.29 is 9.21 Å². The van der Waals surface area contributed by atoms with Crippen molar-refractivity contribution in [3.63, 3.8) is 0 Å². The third kappa shape index (κ3) is 2.98. The van der Waals surface area contributed by atoms with Gasteiger partial charge in [-0.25, -0.2) is 9.97 Å². The summed E-state index contributed by atoms with van der Waals surface area (Å²) in [5, 5.41) is 0. The molecule has 0 aliphatic carbocycles. The number of nitrogens with zero attached hydrogens (tertiary/aromatic N) is 5. The Bertz CT molecular complexity index is 807. The Balaban J connectivity index is 1.37. The van der Waals surface area contributed by atoms with Gasteiger partial charge < -0.3 is 9.32 Å². The summed E-state index contributed by atoms with van der Waals surface area (Å²) in [7, 11) is 0. The lowest BCUT2D eigenvalue weighted by Gasteiger charge is -2.33. The zero-order chi connectivity index (χ0) is 16.4. The standard InChI is InChI=1S/C17H17N5O2/c23-17(14-11-18-5-6-19-14)22-9-7-21(8-10-22)12-16-20-13-3-1-2-4-15(13)24-16/h1-6,11H,7-10,12H2. The molecule has 0 N–H and O–H groups in total. The highest BCUT2D eigenvalue weighted by Gasteiger charge is 2.23. The Hall–Kier alpha value is -2.80. The molecule has 1 saturated heterocycles. The topological polar surface area (TPSA) is 75.4 Å². The Morgan fingerprint density at radius 1 is 1.12 bits per heavy atom. The fourth-order valence-electron chi connectivity index (χ4n) is 2.86. The van der Waals surface area contributed by atoms with Gasteiger partial charge in [-0.3, -0.25) is 14.7 Å². The van der Waals surface area contributed by atoms with Crippen molar-refractivity contribution in [1.82, 2.24) is 24.8 Å². The van der Waals surface area contributed by atoms with Gasteiger partial charge in [0.05, 0.1) is 12.7 Å². The van der Waals surface area contributed by atoms with E-state index in [1.54, 1.807) is 6.20 Å². The first-order chi connectivity index (χ1) is 11.8. The van der Waals surface area contributed by atoms with Gasteiger partial charge in [-0.2, -0.15) is 0 Å². The van der Waals surface area contributed by atoms with E-state index < -0.39 is 0 Å². The number of piperazine rings is 1. The van der Waals surface area contributed by atoms with Crippen molar-refractivity contribution in [2.75, 3.05) is 26.2 Å². The van der Waals surface area contributed by atoms with E-state index in [9.17, 15) is 4.79 Å². The van der Waals surface area contributed by atoms with E-state index in [2.05, 4.69) is 19.9 Å². The molecule has 0 unspecified atom stereocenters. The minimum absolute atomic E-state index is 0.0652. The highest BCUT2D eigenvalue weighted by atomic mass is 16.3. The Kier molecular flexibility index (Phi) is 3.92. The number of hydrogen-bond acceptors (Lipinski definition) is 6. The molecule has 3 aromatic rings. The molecule has 7 nitrogen and oxygen atoms in total. The molecule has 1 aliphatic rings. The minimum atomic E-state index is -0.0652. The number of oxazole rings is 1. The second kappa shape index (κ2) is 6.37. The number of hydrogen-bond donors (Lipinski definition) is 0. The Labute approximate surface area is 138 Å². The van der Waals surface area contributed by atoms with Gasteiger partial charge in [0.1, 0.15) is 11.2 Å². The van der Waals surface area contributed by atoms with Crippen molar-refractivity contribution in [3.8, 4) is 0 Å². The monoisotopic (exact) mass is 323 g/mol. The summed E-state index contributed by atoms with van der Waals surface area (Å²) in [6.45, 7) is 3.54. The lowest BCUT2D eigenvalue weighted by molar-refractivity contribution is 0.0612. The van der Waals surface area contributed by atoms with E-state index in [1.165, 1.54) is 12.4 Å². The maximum absolute atomic E-state index is 12.4. The summed E-state index contributed by atoms with van der Waals surface area (Å²) in [4.78, 5) is 28.9. The van der Waals surface area contributed by atoms with Crippen LogP contribution in [0.25, 0.3) is 11.1 Å². The number of aromatic nitrogens is 3. The van der Waals surface area contributed by atoms with Crippen LogP contribution in [0.15, 0.2) is 47.3 Å². The van der Waals surface area contributed by atoms with Crippen LogP contribution in [0.1, 0.15) is 16.4 Å². The van der Waals surface area contributed by atoms with Crippen molar-refractivity contribution >= 4 is 17.0 Å². The number of carbonyl (C=O) groups is 1. The third-order valence-electron chi connectivity index (χ3n) is 4.14. The smallest absolute Gasteiger partial charge is 0.274 e. The van der Waals surface area contributed by atoms with Gasteiger partial charge >= 0.3 is 0 Å². The van der Waals surface area contributed by atoms with Crippen LogP contribution in [0.5, 0.6) is 0 Å². The van der Waals surface area contributed by atoms with E-state index >= 15 is 0 Å². The number of para-hydroxylation sites is 2. The van der Waals surface area contributed by atoms with Crippen LogP contribution in [-0.2, 0) is 6.54 Å². The summed E-state index contributed by atoms with van der Waals surface area (Å²) >= 11 is 0. The lowest BCUT2D eigenvalue weighted by Crippen LogP contribution is -2.48. The second-order valence-electron chi connectivity index (χ2n) is 5.73. The fraction of sp³-hybridized carbons (Fsp3) is 0.294. The van der Waals surface area contributed by atoms with E-state index in [0.29, 0.717) is 31.2 Å². The zero-order valence-corrected chi connectivity index (χ0v) is 13.1. The van der Waals surface area contributed by atoms with Gasteiger partial charge in [0, 0.05) is 38.6 Å². The average Bonchev–Trinajstić information content (AvgIpc) is 3.05. The van der Waals surface area contributed by atoms with Crippen LogP contribution in [0, 0.1) is 0 Å². The molecule has 24 heavy (non-hydrogen) atoms. The molecular formula is C17H17N5O2. The van der Waals surface area contributed by atoms with E-state index in [-0.39, 0.29) is 5.91 Å². The van der Waals surface area contributed by atoms with Gasteiger partial charge in [0.2, 0.25) is 5.89 Å². The normalized spacial score (nSPS) is 15.8. The molecule has 1 fully saturated rings. The fourth-order valence-corrected chi connectivity index (χ4v) is 2.86. The molecule has 0 saturated carbocycles. The van der Waals surface area contributed by atoms with Crippen LogP contribution in [0.4, 0.5) is 0 Å². The zero-order valence-electron chi connectivity index (χ0n) is 13.1. The lowest BCUT2D eigenvalue weighted by atomic mass is 10.3. The van der Waals surface area contributed by atoms with Gasteiger partial charge in [-0.1, -0.05) is 12.1 Å². The van der Waals surface area contributed by atoms with E-state index in [4.69, 9.17) is 4.42 Å². The van der Waals surface area contributed by atoms with Crippen molar-refractivity contribution in [2.45, 2.75) is 6.54 Å². The summed E-state index contributed by atoms with van der Waals surface area (Å²) < 4.78 is 5.76. The summed E-state index contributed by atoms with van der Waals surface area (Å²) in [5.41, 5.74) is 2.08. The van der Waals surface area contributed by atoms with Gasteiger partial charge in [0.15, 0.2) is 5.58 Å². The molecule has 0 atom stereocenters. The molecule has 2 aromatic heterocycles. The maximum Gasteiger partial charge on any atom is 0.274 e. The maximum atomic E-state index is 12.4. The number of benzene rings is 1. The van der Waals surface area contributed by atoms with Crippen molar-refractivity contribution in [1.29, 1.82) is 0 Å². The molecule has 0 bridgehead atoms. The molecule has 1 aliphatic heterocycles. The van der Waals surface area contributed by atoms with Gasteiger partial charge in [0.25, 0.3) is 5.91 Å². The second-order valence-corrected chi connectivity index (χ2v) is 5.73. The van der Waals surface area contributed by atoms with Gasteiger partial charge in [-0.15, -0.1) is 0 Å². The molecule has 122 valence electrons. The van der Waals surface area contributed by atoms with Crippen LogP contribution in [-0.4, -0.2) is 56.8 Å². The first-order valence-corrected chi connectivity index (χ1v) is 7.92.